The number of likely N-dealkylation sites (tertiary alicyclic amines) is 1. The fourth-order valence-corrected chi connectivity index (χ4v) is 6.05. The molecule has 7 nitrogen and oxygen atoms in total. The van der Waals surface area contributed by atoms with E-state index in [0.717, 1.165) is 42.8 Å². The molecule has 1 saturated carbocycles. The number of aromatic nitrogens is 2. The van der Waals surface area contributed by atoms with Crippen LogP contribution in [0.15, 0.2) is 67.3 Å². The number of carbonyl (C=O) groups excluding carboxylic acids is 1. The van der Waals surface area contributed by atoms with Gasteiger partial charge in [-0.2, -0.15) is 0 Å². The minimum atomic E-state index is -0.220. The van der Waals surface area contributed by atoms with Crippen LogP contribution in [0.1, 0.15) is 41.9 Å². The van der Waals surface area contributed by atoms with E-state index in [0.29, 0.717) is 40.5 Å². The Balaban J connectivity index is 1.30. The van der Waals surface area contributed by atoms with Crippen molar-refractivity contribution >= 4 is 18.6 Å². The molecule has 0 bridgehead atoms. The van der Waals surface area contributed by atoms with E-state index in [9.17, 15) is 9.90 Å². The number of aliphatic hydroxyl groups excluding tert-OH is 1. The predicted molar refractivity (Wildman–Crippen MR) is 153 cm³/mol. The number of amides is 1. The molecular weight excluding hydrogens is 488 g/mol. The lowest BCUT2D eigenvalue weighted by atomic mass is 10.0. The first-order chi connectivity index (χ1) is 19.0. The maximum atomic E-state index is 13.5. The van der Waals surface area contributed by atoms with Crippen molar-refractivity contribution in [2.45, 2.75) is 31.8 Å². The number of rotatable bonds is 9. The van der Waals surface area contributed by atoms with Gasteiger partial charge >= 0.3 is 0 Å². The molecule has 0 spiro atoms. The van der Waals surface area contributed by atoms with Crippen molar-refractivity contribution in [2.24, 2.45) is 11.8 Å². The van der Waals surface area contributed by atoms with E-state index in [1.54, 1.807) is 12.2 Å². The highest BCUT2D eigenvalue weighted by atomic mass is 16.5. The summed E-state index contributed by atoms with van der Waals surface area (Å²) in [5, 5.41) is 14.4. The Hall–Kier alpha value is -3.81. The Bertz CT molecular complexity index is 1410. The van der Waals surface area contributed by atoms with Crippen LogP contribution in [0, 0.1) is 11.8 Å². The van der Waals surface area contributed by atoms with Crippen molar-refractivity contribution < 1.29 is 14.6 Å². The molecular formula is C32H36N4O3. The molecule has 1 aliphatic heterocycles. The van der Waals surface area contributed by atoms with Crippen molar-refractivity contribution in [1.29, 1.82) is 0 Å². The highest BCUT2D eigenvalue weighted by Crippen LogP contribution is 2.41. The lowest BCUT2D eigenvalue weighted by Crippen LogP contribution is -2.42. The summed E-state index contributed by atoms with van der Waals surface area (Å²) in [6, 6.07) is 17.8. The number of hydrogen-bond acceptors (Lipinski definition) is 6. The van der Waals surface area contributed by atoms with Gasteiger partial charge in [0.15, 0.2) is 5.82 Å². The first kappa shape index (κ1) is 26.8. The number of aliphatic hydroxyl groups is 1. The fraction of sp³-hybridized carbons (Fsp3) is 0.344. The third kappa shape index (κ3) is 5.79. The second kappa shape index (κ2) is 11.9. The Kier molecular flexibility index (Phi) is 8.19. The van der Waals surface area contributed by atoms with Crippen molar-refractivity contribution in [1.82, 2.24) is 20.2 Å². The summed E-state index contributed by atoms with van der Waals surface area (Å²) < 4.78 is 5.54. The first-order valence-corrected chi connectivity index (χ1v) is 13.6. The van der Waals surface area contributed by atoms with Gasteiger partial charge in [-0.1, -0.05) is 55.6 Å². The number of ether oxygens (including phenoxy) is 1. The highest BCUT2D eigenvalue weighted by molar-refractivity contribution is 5.93. The largest absolute Gasteiger partial charge is 0.494 e. The van der Waals surface area contributed by atoms with Gasteiger partial charge in [0.2, 0.25) is 0 Å². The minimum absolute atomic E-state index is 0.0133. The van der Waals surface area contributed by atoms with Gasteiger partial charge in [-0.05, 0) is 61.4 Å². The van der Waals surface area contributed by atoms with Gasteiger partial charge in [-0.3, -0.25) is 9.69 Å². The topological polar surface area (TPSA) is 87.6 Å². The summed E-state index contributed by atoms with van der Waals surface area (Å²) in [6.07, 6.45) is 5.18. The lowest BCUT2D eigenvalue weighted by Gasteiger charge is -2.28. The Morgan fingerprint density at radius 2 is 1.82 bits per heavy atom. The maximum absolute atomic E-state index is 13.5. The zero-order chi connectivity index (χ0) is 27.4. The van der Waals surface area contributed by atoms with Crippen LogP contribution in [0.25, 0.3) is 24.0 Å². The van der Waals surface area contributed by atoms with Gasteiger partial charge in [0.05, 0.1) is 24.6 Å². The van der Waals surface area contributed by atoms with Gasteiger partial charge in [-0.15, -0.1) is 0 Å². The molecule has 7 heteroatoms. The smallest absolute Gasteiger partial charge is 0.270 e. The summed E-state index contributed by atoms with van der Waals surface area (Å²) in [5.41, 5.74) is 2.24. The summed E-state index contributed by atoms with van der Waals surface area (Å²) in [5.74, 6) is 1.97. The van der Waals surface area contributed by atoms with Crippen LogP contribution in [-0.4, -0.2) is 58.2 Å². The van der Waals surface area contributed by atoms with E-state index in [4.69, 9.17) is 4.74 Å². The zero-order valence-electron chi connectivity index (χ0n) is 22.4. The molecule has 3 aromatic rings. The van der Waals surface area contributed by atoms with E-state index in [1.165, 1.54) is 0 Å². The van der Waals surface area contributed by atoms with Crippen LogP contribution in [-0.2, 0) is 0 Å². The molecule has 1 amide bonds. The van der Waals surface area contributed by atoms with Gasteiger partial charge in [-0.25, -0.2) is 9.97 Å². The summed E-state index contributed by atoms with van der Waals surface area (Å²) >= 11 is 0. The molecule has 202 valence electrons. The van der Waals surface area contributed by atoms with E-state index in [-0.39, 0.29) is 24.6 Å². The monoisotopic (exact) mass is 524 g/mol. The van der Waals surface area contributed by atoms with Gasteiger partial charge in [0.25, 0.3) is 5.91 Å². The van der Waals surface area contributed by atoms with E-state index in [1.807, 2.05) is 49.4 Å². The molecule has 4 atom stereocenters. The molecule has 0 radical (unpaired) electrons. The number of nitrogens with one attached hydrogen (secondary N) is 1. The second-order valence-electron chi connectivity index (χ2n) is 10.3. The number of carbonyl (C=O) groups is 1. The second-order valence-corrected chi connectivity index (χ2v) is 10.3. The van der Waals surface area contributed by atoms with Crippen LogP contribution in [0.4, 0.5) is 0 Å². The van der Waals surface area contributed by atoms with Gasteiger partial charge < -0.3 is 15.2 Å². The van der Waals surface area contributed by atoms with Crippen LogP contribution >= 0.6 is 0 Å². The molecule has 39 heavy (non-hydrogen) atoms. The molecule has 1 aromatic heterocycles. The van der Waals surface area contributed by atoms with Crippen LogP contribution in [0.2, 0.25) is 0 Å². The third-order valence-electron chi connectivity index (χ3n) is 7.86. The molecule has 2 N–H and O–H groups in total. The lowest BCUT2D eigenvalue weighted by molar-refractivity contribution is 0.0926. The molecule has 2 fully saturated rings. The number of benzene rings is 2. The van der Waals surface area contributed by atoms with Gasteiger partial charge in [0.1, 0.15) is 11.4 Å². The Morgan fingerprint density at radius 1 is 1.13 bits per heavy atom. The maximum Gasteiger partial charge on any atom is 0.270 e. The SMILES string of the molecule is C=C/C=c1/c(C(=O)NC2C[C@@H]3CN(C(CO)c4ccccc4)C[C@@H]3C2)nc(-c2ccc(OCC)cc2)nc1=C. The van der Waals surface area contributed by atoms with Crippen LogP contribution in [0.5, 0.6) is 5.75 Å². The third-order valence-corrected chi connectivity index (χ3v) is 7.86. The van der Waals surface area contributed by atoms with E-state index < -0.39 is 0 Å². The quantitative estimate of drug-likeness (QED) is 0.447. The van der Waals surface area contributed by atoms with Gasteiger partial charge in [0, 0.05) is 29.9 Å². The van der Waals surface area contributed by atoms with Crippen molar-refractivity contribution in [2.75, 3.05) is 26.3 Å². The summed E-state index contributed by atoms with van der Waals surface area (Å²) in [4.78, 5) is 25.2. The standard InChI is InChI=1S/C32H36N4O3/c1-4-9-28-21(3)33-31(23-12-14-27(15-13-23)39-5-2)35-30(28)32(38)34-26-16-24-18-36(19-25(24)17-26)29(20-37)22-10-7-6-8-11-22/h4,6-15,24-26,29,37H,1,3,5,16-20H2,2H3,(H,34,38)/b28-9+/t24-,25+,26?,29?. The summed E-state index contributed by atoms with van der Waals surface area (Å²) in [6.45, 7) is 12.4. The normalized spacial score (nSPS) is 21.9. The molecule has 2 heterocycles. The summed E-state index contributed by atoms with van der Waals surface area (Å²) in [7, 11) is 0. The molecule has 1 saturated heterocycles. The van der Waals surface area contributed by atoms with Crippen LogP contribution < -0.4 is 20.6 Å². The van der Waals surface area contributed by atoms with E-state index in [2.05, 4.69) is 45.5 Å². The average Bonchev–Trinajstić information content (AvgIpc) is 3.50. The zero-order valence-corrected chi connectivity index (χ0v) is 22.4. The Morgan fingerprint density at radius 3 is 2.44 bits per heavy atom. The Labute approximate surface area is 229 Å². The van der Waals surface area contributed by atoms with Crippen molar-refractivity contribution in [3.05, 3.63) is 89.1 Å². The first-order valence-electron chi connectivity index (χ1n) is 13.6. The van der Waals surface area contributed by atoms with E-state index >= 15 is 0 Å². The molecule has 2 unspecified atom stereocenters. The van der Waals surface area contributed by atoms with Crippen molar-refractivity contribution in [3.8, 4) is 17.1 Å². The van der Waals surface area contributed by atoms with Crippen molar-refractivity contribution in [3.63, 3.8) is 0 Å². The number of allylic oxidation sites excluding steroid dienone is 1. The van der Waals surface area contributed by atoms with Crippen LogP contribution in [0.3, 0.4) is 0 Å². The minimum Gasteiger partial charge on any atom is -0.494 e. The number of hydrogen-bond donors (Lipinski definition) is 2. The number of nitrogens with zero attached hydrogens (tertiary/aromatic N) is 3. The highest BCUT2D eigenvalue weighted by Gasteiger charge is 2.43. The number of fused-ring (bicyclic) bond motifs is 1. The fourth-order valence-electron chi connectivity index (χ4n) is 6.05. The molecule has 1 aliphatic carbocycles. The average molecular weight is 525 g/mol. The molecule has 2 aliphatic rings. The predicted octanol–water partition coefficient (Wildman–Crippen LogP) is 3.09. The molecule has 2 aromatic carbocycles. The molecule has 5 rings (SSSR count).